The summed E-state index contributed by atoms with van der Waals surface area (Å²) in [6.07, 6.45) is 1.19. The quantitative estimate of drug-likeness (QED) is 0.876. The van der Waals surface area contributed by atoms with Crippen LogP contribution >= 0.6 is 11.6 Å². The topological polar surface area (TPSA) is 46.2 Å². The van der Waals surface area contributed by atoms with Crippen molar-refractivity contribution in [2.24, 2.45) is 0 Å². The van der Waals surface area contributed by atoms with Crippen LogP contribution in [0.4, 0.5) is 4.39 Å². The summed E-state index contributed by atoms with van der Waals surface area (Å²) < 4.78 is 37.1. The highest BCUT2D eigenvalue weighted by atomic mass is 35.5. The van der Waals surface area contributed by atoms with E-state index in [0.717, 1.165) is 5.56 Å². The summed E-state index contributed by atoms with van der Waals surface area (Å²) in [5.74, 6) is -0.540. The molecule has 2 aromatic rings. The summed E-state index contributed by atoms with van der Waals surface area (Å²) in [6.45, 7) is 0.196. The van der Waals surface area contributed by atoms with Gasteiger partial charge in [0.2, 0.25) is 0 Å². The number of hydrogen-bond acceptors (Lipinski definition) is 3. The Bertz CT molecular complexity index is 735. The maximum Gasteiger partial charge on any atom is 0.149 e. The van der Waals surface area contributed by atoms with Crippen molar-refractivity contribution in [2.75, 3.05) is 12.0 Å². The zero-order valence-corrected chi connectivity index (χ0v) is 13.7. The third-order valence-corrected chi connectivity index (χ3v) is 4.47. The third kappa shape index (κ3) is 4.80. The minimum absolute atomic E-state index is 0.0543. The van der Waals surface area contributed by atoms with E-state index < -0.39 is 21.7 Å². The second-order valence-electron chi connectivity index (χ2n) is 5.15. The molecule has 22 heavy (non-hydrogen) atoms. The molecule has 0 radical (unpaired) electrons. The SMILES string of the molecule is CS(=O)(=O)C[C@H](NCc1cccc(Cl)c1F)c1ccccc1. The summed E-state index contributed by atoms with van der Waals surface area (Å²) in [4.78, 5) is 0. The van der Waals surface area contributed by atoms with Crippen molar-refractivity contribution in [1.82, 2.24) is 5.32 Å². The van der Waals surface area contributed by atoms with Gasteiger partial charge in [-0.2, -0.15) is 0 Å². The van der Waals surface area contributed by atoms with Crippen LogP contribution in [0.15, 0.2) is 48.5 Å². The lowest BCUT2D eigenvalue weighted by atomic mass is 10.1. The molecule has 0 aliphatic heterocycles. The van der Waals surface area contributed by atoms with Gasteiger partial charge in [-0.3, -0.25) is 0 Å². The smallest absolute Gasteiger partial charge is 0.149 e. The highest BCUT2D eigenvalue weighted by Gasteiger charge is 2.17. The Morgan fingerprint density at radius 2 is 1.82 bits per heavy atom. The number of benzene rings is 2. The van der Waals surface area contributed by atoms with Gasteiger partial charge >= 0.3 is 0 Å². The maximum atomic E-state index is 13.9. The summed E-state index contributed by atoms with van der Waals surface area (Å²) in [5, 5.41) is 3.15. The van der Waals surface area contributed by atoms with Crippen molar-refractivity contribution in [3.05, 3.63) is 70.5 Å². The second-order valence-corrected chi connectivity index (χ2v) is 7.74. The number of nitrogens with one attached hydrogen (secondary N) is 1. The van der Waals surface area contributed by atoms with Crippen molar-refractivity contribution < 1.29 is 12.8 Å². The molecule has 0 aromatic heterocycles. The van der Waals surface area contributed by atoms with Gasteiger partial charge in [0.1, 0.15) is 15.7 Å². The van der Waals surface area contributed by atoms with E-state index in [2.05, 4.69) is 5.32 Å². The van der Waals surface area contributed by atoms with Gasteiger partial charge in [-0.15, -0.1) is 0 Å². The van der Waals surface area contributed by atoms with Crippen LogP contribution in [0.3, 0.4) is 0 Å². The van der Waals surface area contributed by atoms with Gasteiger partial charge in [0, 0.05) is 24.4 Å². The molecular weight excluding hydrogens is 325 g/mol. The van der Waals surface area contributed by atoms with Crippen LogP contribution in [0.25, 0.3) is 0 Å². The minimum Gasteiger partial charge on any atom is -0.305 e. The first kappa shape index (κ1) is 16.9. The molecule has 0 bridgehead atoms. The Balaban J connectivity index is 2.18. The van der Waals surface area contributed by atoms with Crippen LogP contribution in [-0.4, -0.2) is 20.4 Å². The zero-order chi connectivity index (χ0) is 16.2. The second kappa shape index (κ2) is 7.22. The van der Waals surface area contributed by atoms with E-state index in [1.807, 2.05) is 30.3 Å². The van der Waals surface area contributed by atoms with Crippen LogP contribution in [0, 0.1) is 5.82 Å². The van der Waals surface area contributed by atoms with Crippen molar-refractivity contribution in [2.45, 2.75) is 12.6 Å². The predicted octanol–water partition coefficient (Wildman–Crippen LogP) is 3.35. The van der Waals surface area contributed by atoms with E-state index in [1.165, 1.54) is 12.3 Å². The predicted molar refractivity (Wildman–Crippen MR) is 87.1 cm³/mol. The fourth-order valence-corrected chi connectivity index (χ4v) is 3.29. The van der Waals surface area contributed by atoms with Crippen LogP contribution in [0.2, 0.25) is 5.02 Å². The first-order chi connectivity index (χ1) is 10.4. The van der Waals surface area contributed by atoms with E-state index in [0.29, 0.717) is 5.56 Å². The lowest BCUT2D eigenvalue weighted by Gasteiger charge is -2.19. The van der Waals surface area contributed by atoms with Crippen molar-refractivity contribution in [3.63, 3.8) is 0 Å². The van der Waals surface area contributed by atoms with Crippen LogP contribution in [-0.2, 0) is 16.4 Å². The third-order valence-electron chi connectivity index (χ3n) is 3.24. The fraction of sp³-hybridized carbons (Fsp3) is 0.250. The molecule has 1 atom stereocenters. The fourth-order valence-electron chi connectivity index (χ4n) is 2.18. The number of hydrogen-bond donors (Lipinski definition) is 1. The molecule has 0 heterocycles. The average molecular weight is 342 g/mol. The Kier molecular flexibility index (Phi) is 5.56. The Hall–Kier alpha value is -1.43. The van der Waals surface area contributed by atoms with E-state index in [9.17, 15) is 12.8 Å². The molecule has 0 spiro atoms. The van der Waals surface area contributed by atoms with E-state index in [1.54, 1.807) is 12.1 Å². The molecule has 0 aliphatic carbocycles. The highest BCUT2D eigenvalue weighted by molar-refractivity contribution is 7.90. The van der Waals surface area contributed by atoms with Crippen LogP contribution in [0.1, 0.15) is 17.2 Å². The molecule has 6 heteroatoms. The molecule has 118 valence electrons. The lowest BCUT2D eigenvalue weighted by molar-refractivity contribution is 0.534. The average Bonchev–Trinajstić information content (AvgIpc) is 2.47. The number of sulfone groups is 1. The van der Waals surface area contributed by atoms with Gasteiger partial charge in [-0.05, 0) is 11.6 Å². The summed E-state index contributed by atoms with van der Waals surface area (Å²) in [7, 11) is -3.18. The molecule has 2 aromatic carbocycles. The molecule has 0 unspecified atom stereocenters. The van der Waals surface area contributed by atoms with Gasteiger partial charge in [0.15, 0.2) is 0 Å². The molecule has 0 amide bonds. The number of halogens is 2. The molecule has 0 aliphatic rings. The molecular formula is C16H17ClFNO2S. The first-order valence-corrected chi connectivity index (χ1v) is 9.19. The molecule has 0 saturated carbocycles. The molecule has 2 rings (SSSR count). The first-order valence-electron chi connectivity index (χ1n) is 6.76. The van der Waals surface area contributed by atoms with Gasteiger partial charge < -0.3 is 5.32 Å². The van der Waals surface area contributed by atoms with Crippen molar-refractivity contribution in [3.8, 4) is 0 Å². The van der Waals surface area contributed by atoms with Crippen molar-refractivity contribution >= 4 is 21.4 Å². The van der Waals surface area contributed by atoms with Gasteiger partial charge in [0.25, 0.3) is 0 Å². The minimum atomic E-state index is -3.18. The van der Waals surface area contributed by atoms with E-state index >= 15 is 0 Å². The lowest BCUT2D eigenvalue weighted by Crippen LogP contribution is -2.27. The normalized spacial score (nSPS) is 13.0. The van der Waals surface area contributed by atoms with E-state index in [-0.39, 0.29) is 17.3 Å². The van der Waals surface area contributed by atoms with Crippen LogP contribution < -0.4 is 5.32 Å². The highest BCUT2D eigenvalue weighted by Crippen LogP contribution is 2.20. The zero-order valence-electron chi connectivity index (χ0n) is 12.1. The van der Waals surface area contributed by atoms with Gasteiger partial charge in [0.05, 0.1) is 10.8 Å². The van der Waals surface area contributed by atoms with Gasteiger partial charge in [-0.25, -0.2) is 12.8 Å². The Morgan fingerprint density at radius 1 is 1.14 bits per heavy atom. The Morgan fingerprint density at radius 3 is 2.45 bits per heavy atom. The standard InChI is InChI=1S/C16H17ClFNO2S/c1-22(20,21)11-15(12-6-3-2-4-7-12)19-10-13-8-5-9-14(17)16(13)18/h2-9,15,19H,10-11H2,1H3/t15-/m0/s1. The largest absolute Gasteiger partial charge is 0.305 e. The molecule has 0 fully saturated rings. The van der Waals surface area contributed by atoms with Crippen LogP contribution in [0.5, 0.6) is 0 Å². The molecule has 1 N–H and O–H groups in total. The summed E-state index contributed by atoms with van der Waals surface area (Å²) in [6, 6.07) is 13.6. The Labute approximate surface area is 135 Å². The number of rotatable bonds is 6. The van der Waals surface area contributed by atoms with Gasteiger partial charge in [-0.1, -0.05) is 54.1 Å². The molecule has 0 saturated heterocycles. The monoisotopic (exact) mass is 341 g/mol. The molecule has 3 nitrogen and oxygen atoms in total. The summed E-state index contributed by atoms with van der Waals surface area (Å²) in [5.41, 5.74) is 1.25. The van der Waals surface area contributed by atoms with E-state index in [4.69, 9.17) is 11.6 Å². The summed E-state index contributed by atoms with van der Waals surface area (Å²) >= 11 is 5.75. The van der Waals surface area contributed by atoms with Crippen molar-refractivity contribution in [1.29, 1.82) is 0 Å². The maximum absolute atomic E-state index is 13.9.